The number of furan rings is 1. The number of nitro groups is 1. The number of methoxy groups -OCH3 is 1. The summed E-state index contributed by atoms with van der Waals surface area (Å²) in [6, 6.07) is 7.55. The molecule has 0 unspecified atom stereocenters. The van der Waals surface area contributed by atoms with Gasteiger partial charge in [-0.2, -0.15) is 5.10 Å². The predicted octanol–water partition coefficient (Wildman–Crippen LogP) is 3.33. The number of nitrogens with zero attached hydrogens (tertiary/aromatic N) is 3. The van der Waals surface area contributed by atoms with E-state index in [4.69, 9.17) is 9.15 Å². The molecule has 0 aliphatic rings. The summed E-state index contributed by atoms with van der Waals surface area (Å²) in [5.74, 6) is -0.939. The molecule has 11 heteroatoms. The smallest absolute Gasteiger partial charge is 0.360 e. The van der Waals surface area contributed by atoms with Crippen LogP contribution < -0.4 is 10.1 Å². The monoisotopic (exact) mass is 428 g/mol. The van der Waals surface area contributed by atoms with Gasteiger partial charge in [0.05, 0.1) is 17.7 Å². The Kier molecular flexibility index (Phi) is 6.34. The zero-order chi connectivity index (χ0) is 22.5. The molecule has 162 valence electrons. The van der Waals surface area contributed by atoms with Crippen molar-refractivity contribution in [3.63, 3.8) is 0 Å². The Labute approximate surface area is 176 Å². The van der Waals surface area contributed by atoms with E-state index in [2.05, 4.69) is 15.2 Å². The van der Waals surface area contributed by atoms with Crippen LogP contribution in [0.1, 0.15) is 39.3 Å². The van der Waals surface area contributed by atoms with E-state index in [0.29, 0.717) is 6.54 Å². The first kappa shape index (κ1) is 21.6. The molecule has 0 aliphatic heterocycles. The van der Waals surface area contributed by atoms with Gasteiger partial charge in [-0.15, -0.1) is 0 Å². The van der Waals surface area contributed by atoms with Crippen molar-refractivity contribution in [3.05, 3.63) is 69.4 Å². The summed E-state index contributed by atoms with van der Waals surface area (Å²) < 4.78 is 17.1. The van der Waals surface area contributed by atoms with Crippen molar-refractivity contribution in [2.75, 3.05) is 12.4 Å². The van der Waals surface area contributed by atoms with Crippen molar-refractivity contribution < 1.29 is 28.4 Å². The number of hydrogen-bond donors (Lipinski definition) is 1. The summed E-state index contributed by atoms with van der Waals surface area (Å²) in [7, 11) is 1.22. The summed E-state index contributed by atoms with van der Waals surface area (Å²) in [6.45, 7) is 3.95. The lowest BCUT2D eigenvalue weighted by Crippen LogP contribution is -2.14. The molecule has 2 heterocycles. The topological polar surface area (TPSA) is 139 Å². The maximum absolute atomic E-state index is 12.5. The second-order valence-corrected chi connectivity index (χ2v) is 6.48. The number of carbonyl (C=O) groups excluding carboxylic acids is 2. The summed E-state index contributed by atoms with van der Waals surface area (Å²) in [6.07, 6.45) is 1.51. The molecular formula is C20H20N4O7. The summed E-state index contributed by atoms with van der Waals surface area (Å²) in [5.41, 5.74) is 0.726. The zero-order valence-corrected chi connectivity index (χ0v) is 17.1. The van der Waals surface area contributed by atoms with E-state index in [0.717, 1.165) is 5.56 Å². The van der Waals surface area contributed by atoms with Gasteiger partial charge in [0.25, 0.3) is 5.91 Å². The van der Waals surface area contributed by atoms with Crippen LogP contribution in [0.25, 0.3) is 0 Å². The van der Waals surface area contributed by atoms with Crippen LogP contribution in [0.4, 0.5) is 11.4 Å². The Hall–Kier alpha value is -4.15. The van der Waals surface area contributed by atoms with Crippen LogP contribution in [0.5, 0.6) is 5.75 Å². The molecule has 0 bridgehead atoms. The van der Waals surface area contributed by atoms with Crippen LogP contribution in [-0.2, 0) is 17.9 Å². The van der Waals surface area contributed by atoms with E-state index in [-0.39, 0.29) is 40.9 Å². The van der Waals surface area contributed by atoms with Crippen LogP contribution in [0, 0.1) is 17.0 Å². The minimum absolute atomic E-state index is 0.0282. The second kappa shape index (κ2) is 9.11. The van der Waals surface area contributed by atoms with Crippen LogP contribution in [-0.4, -0.2) is 33.7 Å². The molecule has 31 heavy (non-hydrogen) atoms. The third-order valence-electron chi connectivity index (χ3n) is 4.28. The maximum Gasteiger partial charge on any atom is 0.360 e. The highest BCUT2D eigenvalue weighted by molar-refractivity contribution is 6.05. The number of esters is 1. The van der Waals surface area contributed by atoms with Crippen LogP contribution in [0.15, 0.2) is 40.9 Å². The van der Waals surface area contributed by atoms with Crippen molar-refractivity contribution in [2.45, 2.75) is 27.0 Å². The van der Waals surface area contributed by atoms with E-state index >= 15 is 0 Å². The lowest BCUT2D eigenvalue weighted by molar-refractivity contribution is -0.386. The summed E-state index contributed by atoms with van der Waals surface area (Å²) >= 11 is 0. The normalized spacial score (nSPS) is 10.5. The zero-order valence-electron chi connectivity index (χ0n) is 17.1. The summed E-state index contributed by atoms with van der Waals surface area (Å²) in [4.78, 5) is 35.0. The summed E-state index contributed by atoms with van der Waals surface area (Å²) in [5, 5.41) is 17.8. The molecule has 0 saturated carbocycles. The largest absolute Gasteiger partial charge is 0.479 e. The molecule has 3 rings (SSSR count). The quantitative estimate of drug-likeness (QED) is 0.327. The Morgan fingerprint density at radius 1 is 1.29 bits per heavy atom. The van der Waals surface area contributed by atoms with Crippen molar-refractivity contribution >= 4 is 23.3 Å². The van der Waals surface area contributed by atoms with Gasteiger partial charge in [-0.3, -0.25) is 19.6 Å². The number of benzene rings is 1. The highest BCUT2D eigenvalue weighted by Crippen LogP contribution is 2.28. The van der Waals surface area contributed by atoms with Gasteiger partial charge in [-0.05, 0) is 37.6 Å². The first-order valence-corrected chi connectivity index (χ1v) is 9.26. The van der Waals surface area contributed by atoms with Gasteiger partial charge in [-0.25, -0.2) is 4.79 Å². The predicted molar refractivity (Wildman–Crippen MR) is 108 cm³/mol. The van der Waals surface area contributed by atoms with Crippen LogP contribution in [0.3, 0.4) is 0 Å². The lowest BCUT2D eigenvalue weighted by Gasteiger charge is -2.06. The standard InChI is InChI=1S/C20H20N4O7/c1-4-23-10-14(18(22-23)20(26)29-3)21-19(25)17-8-6-13(31-17)11-30-16-7-5-12(2)9-15(16)24(27)28/h5-10H,4,11H2,1-3H3,(H,21,25). The van der Waals surface area contributed by atoms with Gasteiger partial charge in [0.15, 0.2) is 17.2 Å². The molecule has 1 N–H and O–H groups in total. The number of aromatic nitrogens is 2. The Morgan fingerprint density at radius 3 is 2.74 bits per heavy atom. The van der Waals surface area contributed by atoms with E-state index in [1.165, 1.54) is 42.3 Å². The van der Waals surface area contributed by atoms with Crippen molar-refractivity contribution in [2.24, 2.45) is 0 Å². The number of carbonyl (C=O) groups is 2. The Balaban J connectivity index is 1.70. The number of anilines is 1. The Morgan fingerprint density at radius 2 is 2.06 bits per heavy atom. The van der Waals surface area contributed by atoms with Gasteiger partial charge < -0.3 is 19.2 Å². The van der Waals surface area contributed by atoms with E-state index in [9.17, 15) is 19.7 Å². The number of rotatable bonds is 8. The fraction of sp³-hybridized carbons (Fsp3) is 0.250. The SMILES string of the molecule is CCn1cc(NC(=O)c2ccc(COc3ccc(C)cc3[N+](=O)[O-])o2)c(C(=O)OC)n1. The third-order valence-corrected chi connectivity index (χ3v) is 4.28. The number of ether oxygens (including phenoxy) is 2. The molecule has 0 fully saturated rings. The van der Waals surface area contributed by atoms with E-state index in [1.807, 2.05) is 6.92 Å². The fourth-order valence-electron chi connectivity index (χ4n) is 2.72. The minimum atomic E-state index is -0.685. The molecule has 0 aliphatic carbocycles. The fourth-order valence-corrected chi connectivity index (χ4v) is 2.72. The Bertz CT molecular complexity index is 1130. The molecule has 0 spiro atoms. The third kappa shape index (κ3) is 4.89. The van der Waals surface area contributed by atoms with Crippen molar-refractivity contribution in [1.82, 2.24) is 9.78 Å². The first-order valence-electron chi connectivity index (χ1n) is 9.26. The second-order valence-electron chi connectivity index (χ2n) is 6.48. The minimum Gasteiger partial charge on any atom is -0.479 e. The molecule has 0 saturated heterocycles. The molecule has 11 nitrogen and oxygen atoms in total. The van der Waals surface area contributed by atoms with Crippen molar-refractivity contribution in [3.8, 4) is 5.75 Å². The molecule has 2 aromatic heterocycles. The number of amides is 1. The molecule has 1 amide bonds. The van der Waals surface area contributed by atoms with Gasteiger partial charge in [0.1, 0.15) is 12.4 Å². The average molecular weight is 428 g/mol. The van der Waals surface area contributed by atoms with Crippen LogP contribution >= 0.6 is 0 Å². The molecular weight excluding hydrogens is 408 g/mol. The van der Waals surface area contributed by atoms with E-state index < -0.39 is 16.8 Å². The molecule has 0 radical (unpaired) electrons. The van der Waals surface area contributed by atoms with Gasteiger partial charge in [0, 0.05) is 18.8 Å². The van der Waals surface area contributed by atoms with E-state index in [1.54, 1.807) is 13.0 Å². The number of nitro benzene ring substituents is 1. The van der Waals surface area contributed by atoms with Crippen LogP contribution in [0.2, 0.25) is 0 Å². The molecule has 3 aromatic rings. The van der Waals surface area contributed by atoms with Gasteiger partial charge in [-0.1, -0.05) is 6.07 Å². The first-order chi connectivity index (χ1) is 14.8. The average Bonchev–Trinajstić information content (AvgIpc) is 3.39. The number of aryl methyl sites for hydroxylation is 2. The van der Waals surface area contributed by atoms with Gasteiger partial charge in [0.2, 0.25) is 0 Å². The highest BCUT2D eigenvalue weighted by atomic mass is 16.6. The molecule has 0 atom stereocenters. The van der Waals surface area contributed by atoms with Crippen molar-refractivity contribution in [1.29, 1.82) is 0 Å². The van der Waals surface area contributed by atoms with Gasteiger partial charge >= 0.3 is 11.7 Å². The lowest BCUT2D eigenvalue weighted by atomic mass is 10.2. The highest BCUT2D eigenvalue weighted by Gasteiger charge is 2.21. The maximum atomic E-state index is 12.5. The number of hydrogen-bond acceptors (Lipinski definition) is 8. The molecule has 1 aromatic carbocycles. The number of nitrogens with one attached hydrogen (secondary N) is 1.